The Morgan fingerprint density at radius 2 is 2.00 bits per heavy atom. The highest BCUT2D eigenvalue weighted by molar-refractivity contribution is 7.93. The van der Waals surface area contributed by atoms with E-state index >= 15 is 0 Å². The van der Waals surface area contributed by atoms with Crippen LogP contribution in [0.3, 0.4) is 0 Å². The minimum Gasteiger partial charge on any atom is -0.293 e. The molecule has 0 aliphatic carbocycles. The quantitative estimate of drug-likeness (QED) is 0.879. The first kappa shape index (κ1) is 13.7. The van der Waals surface area contributed by atoms with E-state index in [4.69, 9.17) is 0 Å². The molecule has 0 aliphatic rings. The van der Waals surface area contributed by atoms with Crippen molar-refractivity contribution in [3.8, 4) is 0 Å². The highest BCUT2D eigenvalue weighted by Gasteiger charge is 2.18. The monoisotopic (exact) mass is 296 g/mol. The third-order valence-corrected chi connectivity index (χ3v) is 4.86. The lowest BCUT2D eigenvalue weighted by molar-refractivity contribution is 0.101. The number of rotatable bonds is 4. The number of Topliss-reactive ketones (excluding diaryl/α,β-unsaturated/α-hetero) is 1. The van der Waals surface area contributed by atoms with Crippen LogP contribution < -0.4 is 4.72 Å². The predicted molar refractivity (Wildman–Crippen MR) is 74.1 cm³/mol. The van der Waals surface area contributed by atoms with E-state index in [-0.39, 0.29) is 21.5 Å². The summed E-state index contributed by atoms with van der Waals surface area (Å²) < 4.78 is 26.7. The van der Waals surface area contributed by atoms with E-state index in [9.17, 15) is 13.2 Å². The molecule has 1 aromatic heterocycles. The summed E-state index contributed by atoms with van der Waals surface area (Å²) in [6, 6.07) is 6.67. The first-order valence-corrected chi connectivity index (χ1v) is 7.81. The number of carbonyl (C=O) groups excluding carboxylic acids is 1. The lowest BCUT2D eigenvalue weighted by Crippen LogP contribution is -2.14. The van der Waals surface area contributed by atoms with Crippen LogP contribution >= 0.6 is 11.3 Å². The van der Waals surface area contributed by atoms with Crippen molar-refractivity contribution in [2.75, 3.05) is 4.72 Å². The van der Waals surface area contributed by atoms with Crippen LogP contribution in [0, 0.1) is 6.92 Å². The van der Waals surface area contributed by atoms with Crippen LogP contribution in [0.15, 0.2) is 34.5 Å². The number of sulfonamides is 1. The van der Waals surface area contributed by atoms with E-state index in [0.29, 0.717) is 5.56 Å². The Kier molecular flexibility index (Phi) is 3.68. The van der Waals surface area contributed by atoms with Crippen LogP contribution in [0.25, 0.3) is 0 Å². The van der Waals surface area contributed by atoms with Crippen LogP contribution in [0.4, 0.5) is 5.13 Å². The van der Waals surface area contributed by atoms with E-state index in [1.165, 1.54) is 18.4 Å². The molecule has 0 saturated carbocycles. The van der Waals surface area contributed by atoms with Gasteiger partial charge in [-0.25, -0.2) is 13.4 Å². The molecule has 0 unspecified atom stereocenters. The van der Waals surface area contributed by atoms with Gasteiger partial charge in [-0.3, -0.25) is 9.52 Å². The van der Waals surface area contributed by atoms with Gasteiger partial charge in [0, 0.05) is 12.3 Å². The molecule has 100 valence electrons. The molecule has 0 saturated heterocycles. The SMILES string of the molecule is CC(=O)c1csc(NS(=O)(=O)c2ccccc2C)n1. The molecule has 0 bridgehead atoms. The number of carbonyl (C=O) groups is 1. The maximum Gasteiger partial charge on any atom is 0.263 e. The van der Waals surface area contributed by atoms with Crippen molar-refractivity contribution in [2.45, 2.75) is 18.7 Å². The molecule has 1 aromatic carbocycles. The highest BCUT2D eigenvalue weighted by atomic mass is 32.2. The number of anilines is 1. The number of aryl methyl sites for hydroxylation is 1. The number of ketones is 1. The third kappa shape index (κ3) is 2.99. The maximum atomic E-state index is 12.2. The summed E-state index contributed by atoms with van der Waals surface area (Å²) in [6.07, 6.45) is 0. The molecule has 0 atom stereocenters. The average Bonchev–Trinajstić information content (AvgIpc) is 2.77. The van der Waals surface area contributed by atoms with Crippen LogP contribution in [-0.4, -0.2) is 19.2 Å². The second-order valence-corrected chi connectivity index (χ2v) is 6.47. The fraction of sp³-hybridized carbons (Fsp3) is 0.167. The van der Waals surface area contributed by atoms with Gasteiger partial charge in [0.05, 0.1) is 4.90 Å². The zero-order valence-electron chi connectivity index (χ0n) is 10.4. The van der Waals surface area contributed by atoms with Gasteiger partial charge in [-0.15, -0.1) is 11.3 Å². The van der Waals surface area contributed by atoms with Crippen LogP contribution in [0.1, 0.15) is 23.0 Å². The van der Waals surface area contributed by atoms with Gasteiger partial charge in [0.2, 0.25) is 0 Å². The molecule has 19 heavy (non-hydrogen) atoms. The van der Waals surface area contributed by atoms with Gasteiger partial charge in [0.15, 0.2) is 10.9 Å². The van der Waals surface area contributed by atoms with Crippen LogP contribution in [0.5, 0.6) is 0 Å². The van der Waals surface area contributed by atoms with Gasteiger partial charge < -0.3 is 0 Å². The smallest absolute Gasteiger partial charge is 0.263 e. The second kappa shape index (κ2) is 5.10. The molecule has 0 aliphatic heterocycles. The summed E-state index contributed by atoms with van der Waals surface area (Å²) in [4.78, 5) is 15.2. The molecule has 7 heteroatoms. The topological polar surface area (TPSA) is 76.1 Å². The Morgan fingerprint density at radius 1 is 1.32 bits per heavy atom. The molecule has 0 spiro atoms. The van der Waals surface area contributed by atoms with Crippen molar-refractivity contribution in [3.63, 3.8) is 0 Å². The second-order valence-electron chi connectivity index (χ2n) is 3.97. The summed E-state index contributed by atoms with van der Waals surface area (Å²) in [5.74, 6) is -0.197. The Balaban J connectivity index is 2.31. The lowest BCUT2D eigenvalue weighted by Gasteiger charge is -2.07. The highest BCUT2D eigenvalue weighted by Crippen LogP contribution is 2.22. The minimum absolute atomic E-state index is 0.188. The average molecular weight is 296 g/mol. The summed E-state index contributed by atoms with van der Waals surface area (Å²) in [5, 5.41) is 1.71. The van der Waals surface area contributed by atoms with Crippen molar-refractivity contribution in [1.82, 2.24) is 4.98 Å². The van der Waals surface area contributed by atoms with Gasteiger partial charge in [0.1, 0.15) is 5.69 Å². The fourth-order valence-corrected chi connectivity index (χ4v) is 3.76. The van der Waals surface area contributed by atoms with Gasteiger partial charge in [-0.1, -0.05) is 18.2 Å². The van der Waals surface area contributed by atoms with Gasteiger partial charge in [-0.05, 0) is 18.6 Å². The zero-order chi connectivity index (χ0) is 14.0. The first-order valence-electron chi connectivity index (χ1n) is 5.45. The van der Waals surface area contributed by atoms with E-state index < -0.39 is 10.0 Å². The number of nitrogens with zero attached hydrogens (tertiary/aromatic N) is 1. The largest absolute Gasteiger partial charge is 0.293 e. The molecular weight excluding hydrogens is 284 g/mol. The Hall–Kier alpha value is -1.73. The summed E-state index contributed by atoms with van der Waals surface area (Å²) in [7, 11) is -3.67. The van der Waals surface area contributed by atoms with Gasteiger partial charge in [0.25, 0.3) is 10.0 Å². The maximum absolute atomic E-state index is 12.2. The number of thiazole rings is 1. The van der Waals surface area contributed by atoms with Crippen molar-refractivity contribution < 1.29 is 13.2 Å². The summed E-state index contributed by atoms with van der Waals surface area (Å²) in [6.45, 7) is 3.10. The standard InChI is InChI=1S/C12H12N2O3S2/c1-8-5-3-4-6-11(8)19(16,17)14-12-13-10(7-18-12)9(2)15/h3-7H,1-2H3,(H,13,14). The molecular formula is C12H12N2O3S2. The van der Waals surface area contributed by atoms with Crippen molar-refractivity contribution in [1.29, 1.82) is 0 Å². The molecule has 0 fully saturated rings. The molecule has 2 rings (SSSR count). The minimum atomic E-state index is -3.67. The van der Waals surface area contributed by atoms with E-state index in [0.717, 1.165) is 11.3 Å². The summed E-state index contributed by atoms with van der Waals surface area (Å²) in [5.41, 5.74) is 0.908. The molecule has 0 amide bonds. The van der Waals surface area contributed by atoms with Crippen molar-refractivity contribution in [2.24, 2.45) is 0 Å². The predicted octanol–water partition coefficient (Wildman–Crippen LogP) is 2.45. The normalized spacial score (nSPS) is 11.3. The van der Waals surface area contributed by atoms with Crippen molar-refractivity contribution >= 4 is 32.3 Å². The van der Waals surface area contributed by atoms with Gasteiger partial charge >= 0.3 is 0 Å². The van der Waals surface area contributed by atoms with E-state index in [1.807, 2.05) is 0 Å². The Labute approximate surface area is 115 Å². The van der Waals surface area contributed by atoms with Crippen molar-refractivity contribution in [3.05, 3.63) is 40.9 Å². The molecule has 0 radical (unpaired) electrons. The van der Waals surface area contributed by atoms with Gasteiger partial charge in [-0.2, -0.15) is 0 Å². The molecule has 1 N–H and O–H groups in total. The van der Waals surface area contributed by atoms with E-state index in [2.05, 4.69) is 9.71 Å². The Bertz CT molecular complexity index is 720. The van der Waals surface area contributed by atoms with Crippen LogP contribution in [0.2, 0.25) is 0 Å². The number of nitrogens with one attached hydrogen (secondary N) is 1. The molecule has 1 heterocycles. The van der Waals surface area contributed by atoms with E-state index in [1.54, 1.807) is 25.1 Å². The number of hydrogen-bond acceptors (Lipinski definition) is 5. The zero-order valence-corrected chi connectivity index (χ0v) is 12.0. The number of hydrogen-bond donors (Lipinski definition) is 1. The fourth-order valence-electron chi connectivity index (χ4n) is 1.51. The van der Waals surface area contributed by atoms with Crippen LogP contribution in [-0.2, 0) is 10.0 Å². The number of benzene rings is 1. The summed E-state index contributed by atoms with van der Waals surface area (Å²) >= 11 is 1.08. The third-order valence-electron chi connectivity index (χ3n) is 2.47. The molecule has 5 nitrogen and oxygen atoms in total. The first-order chi connectivity index (χ1) is 8.90. The number of aromatic nitrogens is 1. The Morgan fingerprint density at radius 3 is 2.58 bits per heavy atom. The molecule has 2 aromatic rings. The lowest BCUT2D eigenvalue weighted by atomic mass is 10.2.